The fraction of sp³-hybridized carbons (Fsp3) is 0.167. The van der Waals surface area contributed by atoms with Crippen LogP contribution in [-0.2, 0) is 16.6 Å². The Balaban J connectivity index is 2.23. The van der Waals surface area contributed by atoms with E-state index in [1.165, 1.54) is 18.3 Å². The third kappa shape index (κ3) is 3.24. The monoisotopic (exact) mass is 312 g/mol. The molecule has 1 aromatic carbocycles. The summed E-state index contributed by atoms with van der Waals surface area (Å²) in [6.45, 7) is 1.75. The highest BCUT2D eigenvalue weighted by molar-refractivity contribution is 7.89. The normalized spacial score (nSPS) is 11.5. The number of benzene rings is 1. The molecule has 0 spiro atoms. The highest BCUT2D eigenvalue weighted by Crippen LogP contribution is 2.26. The second-order valence-corrected chi connectivity index (χ2v) is 6.33. The number of rotatable bonds is 4. The molecule has 1 aromatic heterocycles. The molecule has 0 aliphatic carbocycles. The van der Waals surface area contributed by atoms with Crippen molar-refractivity contribution < 1.29 is 8.42 Å². The van der Waals surface area contributed by atoms with Crippen molar-refractivity contribution in [1.29, 1.82) is 0 Å². The van der Waals surface area contributed by atoms with Crippen molar-refractivity contribution in [2.24, 2.45) is 0 Å². The van der Waals surface area contributed by atoms with Crippen LogP contribution in [0.5, 0.6) is 0 Å². The lowest BCUT2D eigenvalue weighted by Crippen LogP contribution is -2.24. The maximum atomic E-state index is 12.2. The number of sulfonamides is 1. The molecule has 0 saturated heterocycles. The summed E-state index contributed by atoms with van der Waals surface area (Å²) in [4.78, 5) is 0.0702. The van der Waals surface area contributed by atoms with Gasteiger partial charge in [0, 0.05) is 6.20 Å². The number of nitrogens with one attached hydrogen (secondary N) is 1. The molecule has 0 aliphatic heterocycles. The molecular formula is C12H13ClN4O2S. The van der Waals surface area contributed by atoms with Crippen LogP contribution in [0.4, 0.5) is 5.69 Å². The van der Waals surface area contributed by atoms with E-state index in [0.717, 1.165) is 0 Å². The van der Waals surface area contributed by atoms with Crippen molar-refractivity contribution in [3.63, 3.8) is 0 Å². The molecule has 2 rings (SSSR count). The topological polar surface area (TPSA) is 98.0 Å². The van der Waals surface area contributed by atoms with Crippen molar-refractivity contribution in [3.05, 3.63) is 46.7 Å². The van der Waals surface area contributed by atoms with Gasteiger partial charge in [-0.25, -0.2) is 13.1 Å². The lowest BCUT2D eigenvalue weighted by Gasteiger charge is -2.09. The molecular weight excluding hydrogens is 300 g/mol. The van der Waals surface area contributed by atoms with Crippen LogP contribution < -0.4 is 10.5 Å². The molecule has 0 radical (unpaired) electrons. The first kappa shape index (κ1) is 14.7. The van der Waals surface area contributed by atoms with Gasteiger partial charge in [-0.15, -0.1) is 0 Å². The molecule has 3 N–H and O–H groups in total. The average Bonchev–Trinajstić information content (AvgIpc) is 2.43. The minimum atomic E-state index is -3.68. The van der Waals surface area contributed by atoms with Gasteiger partial charge < -0.3 is 5.73 Å². The summed E-state index contributed by atoms with van der Waals surface area (Å²) in [5.41, 5.74) is 7.03. The van der Waals surface area contributed by atoms with Crippen molar-refractivity contribution in [2.75, 3.05) is 5.73 Å². The molecule has 0 saturated carbocycles. The van der Waals surface area contributed by atoms with E-state index in [4.69, 9.17) is 17.3 Å². The highest BCUT2D eigenvalue weighted by atomic mass is 35.5. The molecule has 6 nitrogen and oxygen atoms in total. The maximum absolute atomic E-state index is 12.2. The summed E-state index contributed by atoms with van der Waals surface area (Å²) in [5, 5.41) is 7.84. The predicted molar refractivity (Wildman–Crippen MR) is 76.7 cm³/mol. The second-order valence-electron chi connectivity index (χ2n) is 4.18. The van der Waals surface area contributed by atoms with Crippen LogP contribution in [0.15, 0.2) is 35.4 Å². The molecule has 0 atom stereocenters. The molecule has 2 aromatic rings. The lowest BCUT2D eigenvalue weighted by atomic mass is 10.2. The number of aromatic nitrogens is 2. The Bertz CT molecular complexity index is 696. The Hall–Kier alpha value is -1.70. The van der Waals surface area contributed by atoms with E-state index in [2.05, 4.69) is 14.9 Å². The largest absolute Gasteiger partial charge is 0.397 e. The molecule has 0 aliphatic rings. The van der Waals surface area contributed by atoms with Crippen LogP contribution in [-0.4, -0.2) is 18.6 Å². The van der Waals surface area contributed by atoms with Gasteiger partial charge in [0.05, 0.1) is 27.8 Å². The third-order valence-corrected chi connectivity index (χ3v) is 4.53. The van der Waals surface area contributed by atoms with E-state index < -0.39 is 10.0 Å². The van der Waals surface area contributed by atoms with Crippen molar-refractivity contribution >= 4 is 27.3 Å². The quantitative estimate of drug-likeness (QED) is 0.834. The number of anilines is 1. The molecule has 8 heteroatoms. The van der Waals surface area contributed by atoms with E-state index in [1.807, 2.05) is 0 Å². The maximum Gasteiger partial charge on any atom is 0.241 e. The average molecular weight is 313 g/mol. The molecule has 1 heterocycles. The lowest BCUT2D eigenvalue weighted by molar-refractivity contribution is 0.580. The molecule has 0 bridgehead atoms. The van der Waals surface area contributed by atoms with Gasteiger partial charge in [-0.3, -0.25) is 0 Å². The number of hydrogen-bond donors (Lipinski definition) is 2. The fourth-order valence-electron chi connectivity index (χ4n) is 1.60. The Morgan fingerprint density at radius 2 is 2.15 bits per heavy atom. The zero-order valence-electron chi connectivity index (χ0n) is 10.7. The molecule has 0 unspecified atom stereocenters. The van der Waals surface area contributed by atoms with Crippen LogP contribution in [0, 0.1) is 6.92 Å². The first-order valence-corrected chi connectivity index (χ1v) is 7.58. The molecule has 0 amide bonds. The third-order valence-electron chi connectivity index (χ3n) is 2.64. The Morgan fingerprint density at radius 1 is 1.40 bits per heavy atom. The summed E-state index contributed by atoms with van der Waals surface area (Å²) in [6.07, 6.45) is 1.52. The Morgan fingerprint density at radius 3 is 2.75 bits per heavy atom. The van der Waals surface area contributed by atoms with Crippen LogP contribution in [0.1, 0.15) is 11.3 Å². The Kier molecular flexibility index (Phi) is 4.22. The second kappa shape index (κ2) is 5.74. The Labute approximate surface area is 122 Å². The summed E-state index contributed by atoms with van der Waals surface area (Å²) in [6, 6.07) is 6.16. The number of nitrogens with zero attached hydrogens (tertiary/aromatic N) is 2. The minimum Gasteiger partial charge on any atom is -0.397 e. The molecule has 20 heavy (non-hydrogen) atoms. The summed E-state index contributed by atoms with van der Waals surface area (Å²) in [5.74, 6) is 0. The van der Waals surface area contributed by atoms with Crippen LogP contribution in [0.3, 0.4) is 0 Å². The fourth-order valence-corrected chi connectivity index (χ4v) is 2.83. The standard InChI is InChI=1S/C12H13ClN4O2S/c1-8-5-10(6-11(14)12(8)13)20(18,19)16-7-9-3-2-4-15-17-9/h2-6,16H,7,14H2,1H3. The van der Waals surface area contributed by atoms with Gasteiger partial charge >= 0.3 is 0 Å². The van der Waals surface area contributed by atoms with Crippen molar-refractivity contribution in [1.82, 2.24) is 14.9 Å². The SMILES string of the molecule is Cc1cc(S(=O)(=O)NCc2cccnn2)cc(N)c1Cl. The van der Waals surface area contributed by atoms with E-state index in [9.17, 15) is 8.42 Å². The predicted octanol–water partition coefficient (Wildman–Crippen LogP) is 1.50. The van der Waals surface area contributed by atoms with Crippen LogP contribution in [0.25, 0.3) is 0 Å². The summed E-state index contributed by atoms with van der Waals surface area (Å²) >= 11 is 5.91. The van der Waals surface area contributed by atoms with Gasteiger partial charge in [0.25, 0.3) is 0 Å². The van der Waals surface area contributed by atoms with Crippen LogP contribution >= 0.6 is 11.6 Å². The molecule has 106 valence electrons. The molecule has 0 fully saturated rings. The van der Waals surface area contributed by atoms with Gasteiger partial charge in [0.1, 0.15) is 0 Å². The summed E-state index contributed by atoms with van der Waals surface area (Å²) < 4.78 is 26.8. The van der Waals surface area contributed by atoms with Crippen molar-refractivity contribution in [2.45, 2.75) is 18.4 Å². The number of nitrogen functional groups attached to an aromatic ring is 1. The van der Waals surface area contributed by atoms with Crippen molar-refractivity contribution in [3.8, 4) is 0 Å². The minimum absolute atomic E-state index is 0.0533. The smallest absolute Gasteiger partial charge is 0.241 e. The van der Waals surface area contributed by atoms with Gasteiger partial charge in [-0.05, 0) is 36.8 Å². The number of nitrogens with two attached hydrogens (primary N) is 1. The number of hydrogen-bond acceptors (Lipinski definition) is 5. The van der Waals surface area contributed by atoms with Gasteiger partial charge in [0.2, 0.25) is 10.0 Å². The zero-order valence-corrected chi connectivity index (χ0v) is 12.2. The van der Waals surface area contributed by atoms with Gasteiger partial charge in [-0.1, -0.05) is 11.6 Å². The number of halogens is 1. The van der Waals surface area contributed by atoms with Crippen LogP contribution in [0.2, 0.25) is 5.02 Å². The van der Waals surface area contributed by atoms with Gasteiger partial charge in [0.15, 0.2) is 0 Å². The van der Waals surface area contributed by atoms with E-state index in [1.54, 1.807) is 19.1 Å². The summed E-state index contributed by atoms with van der Waals surface area (Å²) in [7, 11) is -3.68. The first-order valence-electron chi connectivity index (χ1n) is 5.72. The van der Waals surface area contributed by atoms with E-state index >= 15 is 0 Å². The van der Waals surface area contributed by atoms with E-state index in [0.29, 0.717) is 16.3 Å². The highest BCUT2D eigenvalue weighted by Gasteiger charge is 2.16. The van der Waals surface area contributed by atoms with E-state index in [-0.39, 0.29) is 17.1 Å². The van der Waals surface area contributed by atoms with Gasteiger partial charge in [-0.2, -0.15) is 10.2 Å². The first-order chi connectivity index (χ1) is 9.40. The zero-order chi connectivity index (χ0) is 14.8. The number of aryl methyl sites for hydroxylation is 1.